The Hall–Kier alpha value is -1.22. The molecule has 0 aliphatic carbocycles. The highest BCUT2D eigenvalue weighted by atomic mass is 19.1. The third-order valence-electron chi connectivity index (χ3n) is 2.42. The lowest BCUT2D eigenvalue weighted by molar-refractivity contribution is -0.121. The highest BCUT2D eigenvalue weighted by Crippen LogP contribution is 2.14. The quantitative estimate of drug-likeness (QED) is 0.806. The first-order chi connectivity index (χ1) is 7.13. The van der Waals surface area contributed by atoms with Crippen molar-refractivity contribution in [2.45, 2.75) is 19.8 Å². The van der Waals surface area contributed by atoms with Crippen LogP contribution in [-0.4, -0.2) is 17.5 Å². The number of aliphatic hydroxyl groups is 1. The summed E-state index contributed by atoms with van der Waals surface area (Å²) in [5, 5.41) is 8.79. The molecule has 1 N–H and O–H groups in total. The second-order valence-corrected chi connectivity index (χ2v) is 3.65. The fourth-order valence-electron chi connectivity index (χ4n) is 1.55. The predicted molar refractivity (Wildman–Crippen MR) is 56.0 cm³/mol. The summed E-state index contributed by atoms with van der Waals surface area (Å²) in [5.74, 6) is -0.469. The van der Waals surface area contributed by atoms with Crippen molar-refractivity contribution >= 4 is 5.78 Å². The molecular weight excluding hydrogens is 195 g/mol. The molecule has 0 fully saturated rings. The number of ketones is 1. The Morgan fingerprint density at radius 2 is 2.27 bits per heavy atom. The molecule has 1 aromatic carbocycles. The molecule has 1 aromatic rings. The minimum atomic E-state index is -0.293. The molecule has 82 valence electrons. The van der Waals surface area contributed by atoms with Gasteiger partial charge in [-0.2, -0.15) is 0 Å². The maximum atomic E-state index is 12.9. The second-order valence-electron chi connectivity index (χ2n) is 3.65. The van der Waals surface area contributed by atoms with E-state index in [2.05, 4.69) is 0 Å². The van der Waals surface area contributed by atoms with Crippen LogP contribution in [0.5, 0.6) is 0 Å². The van der Waals surface area contributed by atoms with E-state index in [4.69, 9.17) is 5.11 Å². The number of Topliss-reactive ketones (excluding diaryl/α,β-unsaturated/α-hetero) is 1. The van der Waals surface area contributed by atoms with Crippen molar-refractivity contribution in [2.75, 3.05) is 6.61 Å². The largest absolute Gasteiger partial charge is 0.396 e. The first-order valence-electron chi connectivity index (χ1n) is 4.99. The number of hydrogen-bond acceptors (Lipinski definition) is 2. The Kier molecular flexibility index (Phi) is 4.43. The smallest absolute Gasteiger partial charge is 0.133 e. The Morgan fingerprint density at radius 1 is 1.53 bits per heavy atom. The minimum Gasteiger partial charge on any atom is -0.396 e. The average Bonchev–Trinajstić information content (AvgIpc) is 2.17. The van der Waals surface area contributed by atoms with Gasteiger partial charge in [-0.25, -0.2) is 4.39 Å². The highest BCUT2D eigenvalue weighted by Gasteiger charge is 2.14. The summed E-state index contributed by atoms with van der Waals surface area (Å²) in [6.07, 6.45) is 0.930. The minimum absolute atomic E-state index is 0.0143. The van der Waals surface area contributed by atoms with E-state index >= 15 is 0 Å². The standard InChI is InChI=1S/C12H15FO2/c1-9(15)11(5-6-14)7-10-3-2-4-12(13)8-10/h2-4,8,11,14H,5-7H2,1H3. The molecular formula is C12H15FO2. The van der Waals surface area contributed by atoms with Crippen molar-refractivity contribution in [3.8, 4) is 0 Å². The van der Waals surface area contributed by atoms with E-state index < -0.39 is 0 Å². The van der Waals surface area contributed by atoms with Gasteiger partial charge in [0.05, 0.1) is 0 Å². The molecule has 1 atom stereocenters. The van der Waals surface area contributed by atoms with Crippen LogP contribution in [0.25, 0.3) is 0 Å². The molecule has 0 saturated heterocycles. The molecule has 0 radical (unpaired) electrons. The normalized spacial score (nSPS) is 12.5. The molecule has 2 nitrogen and oxygen atoms in total. The highest BCUT2D eigenvalue weighted by molar-refractivity contribution is 5.78. The fraction of sp³-hybridized carbons (Fsp3) is 0.417. The van der Waals surface area contributed by atoms with Crippen LogP contribution in [0, 0.1) is 11.7 Å². The van der Waals surface area contributed by atoms with Crippen LogP contribution in [0.4, 0.5) is 4.39 Å². The lowest BCUT2D eigenvalue weighted by atomic mass is 9.93. The Morgan fingerprint density at radius 3 is 2.80 bits per heavy atom. The van der Waals surface area contributed by atoms with Crippen LogP contribution >= 0.6 is 0 Å². The maximum absolute atomic E-state index is 12.9. The van der Waals surface area contributed by atoms with Crippen LogP contribution in [0.1, 0.15) is 18.9 Å². The Bertz CT molecular complexity index is 336. The number of aliphatic hydroxyl groups excluding tert-OH is 1. The van der Waals surface area contributed by atoms with Crippen LogP contribution in [0.3, 0.4) is 0 Å². The van der Waals surface area contributed by atoms with Crippen molar-refractivity contribution in [1.82, 2.24) is 0 Å². The van der Waals surface area contributed by atoms with Gasteiger partial charge in [-0.15, -0.1) is 0 Å². The number of rotatable bonds is 5. The molecule has 15 heavy (non-hydrogen) atoms. The van der Waals surface area contributed by atoms with E-state index in [0.29, 0.717) is 12.8 Å². The summed E-state index contributed by atoms with van der Waals surface area (Å²) in [4.78, 5) is 11.2. The van der Waals surface area contributed by atoms with Gasteiger partial charge >= 0.3 is 0 Å². The van der Waals surface area contributed by atoms with E-state index in [-0.39, 0.29) is 24.1 Å². The van der Waals surface area contributed by atoms with Gasteiger partial charge in [-0.3, -0.25) is 4.79 Å². The zero-order valence-electron chi connectivity index (χ0n) is 8.74. The predicted octanol–water partition coefficient (Wildman–Crippen LogP) is 1.96. The number of hydrogen-bond donors (Lipinski definition) is 1. The van der Waals surface area contributed by atoms with Gasteiger partial charge in [0, 0.05) is 12.5 Å². The fourth-order valence-corrected chi connectivity index (χ4v) is 1.55. The van der Waals surface area contributed by atoms with Gasteiger partial charge in [0.2, 0.25) is 0 Å². The number of benzene rings is 1. The molecule has 0 bridgehead atoms. The average molecular weight is 210 g/mol. The molecule has 1 rings (SSSR count). The van der Waals surface area contributed by atoms with E-state index in [9.17, 15) is 9.18 Å². The van der Waals surface area contributed by atoms with Gasteiger partial charge in [-0.1, -0.05) is 12.1 Å². The molecule has 1 unspecified atom stereocenters. The van der Waals surface area contributed by atoms with Gasteiger partial charge in [0.1, 0.15) is 11.6 Å². The van der Waals surface area contributed by atoms with Gasteiger partial charge in [-0.05, 0) is 37.5 Å². The van der Waals surface area contributed by atoms with E-state index in [1.165, 1.54) is 19.1 Å². The monoisotopic (exact) mass is 210 g/mol. The van der Waals surface area contributed by atoms with Crippen molar-refractivity contribution in [2.24, 2.45) is 5.92 Å². The maximum Gasteiger partial charge on any atom is 0.133 e. The second kappa shape index (κ2) is 5.61. The van der Waals surface area contributed by atoms with Gasteiger partial charge in [0.25, 0.3) is 0 Å². The number of carbonyl (C=O) groups is 1. The molecule has 0 saturated carbocycles. The van der Waals surface area contributed by atoms with Crippen molar-refractivity contribution in [1.29, 1.82) is 0 Å². The van der Waals surface area contributed by atoms with E-state index in [1.807, 2.05) is 0 Å². The summed E-state index contributed by atoms with van der Waals surface area (Å²) in [7, 11) is 0. The zero-order chi connectivity index (χ0) is 11.3. The molecule has 0 spiro atoms. The van der Waals surface area contributed by atoms with Crippen LogP contribution in [0.2, 0.25) is 0 Å². The number of carbonyl (C=O) groups excluding carboxylic acids is 1. The lowest BCUT2D eigenvalue weighted by Gasteiger charge is -2.11. The SMILES string of the molecule is CC(=O)C(CCO)Cc1cccc(F)c1. The Balaban J connectivity index is 2.69. The van der Waals surface area contributed by atoms with Crippen molar-refractivity contribution in [3.63, 3.8) is 0 Å². The van der Waals surface area contributed by atoms with Crippen LogP contribution in [-0.2, 0) is 11.2 Å². The summed E-state index contributed by atoms with van der Waals surface area (Å²) < 4.78 is 12.9. The first-order valence-corrected chi connectivity index (χ1v) is 4.99. The van der Waals surface area contributed by atoms with Gasteiger partial charge in [0.15, 0.2) is 0 Å². The van der Waals surface area contributed by atoms with Crippen LogP contribution in [0.15, 0.2) is 24.3 Å². The molecule has 0 aliphatic rings. The lowest BCUT2D eigenvalue weighted by Crippen LogP contribution is -2.15. The molecule has 0 aromatic heterocycles. The molecule has 3 heteroatoms. The third-order valence-corrected chi connectivity index (χ3v) is 2.42. The van der Waals surface area contributed by atoms with E-state index in [0.717, 1.165) is 5.56 Å². The zero-order valence-corrected chi connectivity index (χ0v) is 8.74. The van der Waals surface area contributed by atoms with Crippen molar-refractivity contribution < 1.29 is 14.3 Å². The summed E-state index contributed by atoms with van der Waals surface area (Å²) in [5.41, 5.74) is 0.795. The van der Waals surface area contributed by atoms with Gasteiger partial charge < -0.3 is 5.11 Å². The first kappa shape index (κ1) is 11.9. The summed E-state index contributed by atoms with van der Waals surface area (Å²) in [6.45, 7) is 1.49. The summed E-state index contributed by atoms with van der Waals surface area (Å²) in [6, 6.07) is 6.21. The van der Waals surface area contributed by atoms with Crippen molar-refractivity contribution in [3.05, 3.63) is 35.6 Å². The van der Waals surface area contributed by atoms with E-state index in [1.54, 1.807) is 12.1 Å². The molecule has 0 aliphatic heterocycles. The molecule has 0 heterocycles. The Labute approximate surface area is 88.7 Å². The van der Waals surface area contributed by atoms with Crippen LogP contribution < -0.4 is 0 Å². The topological polar surface area (TPSA) is 37.3 Å². The number of halogens is 1. The molecule has 0 amide bonds. The summed E-state index contributed by atoms with van der Waals surface area (Å²) >= 11 is 0. The third kappa shape index (κ3) is 3.80.